The first-order valence-corrected chi connectivity index (χ1v) is 7.15. The van der Waals surface area contributed by atoms with Crippen molar-refractivity contribution >= 4 is 0 Å². The molecule has 3 rings (SSSR count). The Morgan fingerprint density at radius 1 is 1.33 bits per heavy atom. The molecular formula is C15H18F2N4. The Balaban J connectivity index is 1.91. The molecule has 4 nitrogen and oxygen atoms in total. The second-order valence-corrected chi connectivity index (χ2v) is 5.71. The van der Waals surface area contributed by atoms with Crippen molar-refractivity contribution in [3.8, 4) is 0 Å². The van der Waals surface area contributed by atoms with Gasteiger partial charge in [-0.3, -0.25) is 0 Å². The van der Waals surface area contributed by atoms with E-state index < -0.39 is 11.6 Å². The summed E-state index contributed by atoms with van der Waals surface area (Å²) in [6.45, 7) is 5.86. The minimum absolute atomic E-state index is 0.165. The standard InChI is InChI=1S/C15H18F2N4/c1-9(2)14-15-20-19-13(21(15)6-5-18-14)7-10-3-4-11(16)8-12(10)17/h3-4,8-9,14,18H,5-7H2,1-2H3. The molecule has 1 N–H and O–H groups in total. The molecule has 21 heavy (non-hydrogen) atoms. The number of halogens is 2. The lowest BCUT2D eigenvalue weighted by atomic mass is 10.0. The van der Waals surface area contributed by atoms with Crippen LogP contribution in [0.4, 0.5) is 8.78 Å². The van der Waals surface area contributed by atoms with Crippen LogP contribution in [0.3, 0.4) is 0 Å². The van der Waals surface area contributed by atoms with Gasteiger partial charge in [-0.05, 0) is 17.5 Å². The smallest absolute Gasteiger partial charge is 0.150 e. The van der Waals surface area contributed by atoms with Crippen molar-refractivity contribution in [1.29, 1.82) is 0 Å². The lowest BCUT2D eigenvalue weighted by molar-refractivity contribution is 0.335. The number of hydrogen-bond donors (Lipinski definition) is 1. The summed E-state index contributed by atoms with van der Waals surface area (Å²) >= 11 is 0. The molecule has 1 unspecified atom stereocenters. The minimum Gasteiger partial charge on any atom is -0.312 e. The zero-order chi connectivity index (χ0) is 15.0. The van der Waals surface area contributed by atoms with E-state index in [1.54, 1.807) is 0 Å². The fourth-order valence-electron chi connectivity index (χ4n) is 2.75. The predicted octanol–water partition coefficient (Wildman–Crippen LogP) is 2.45. The van der Waals surface area contributed by atoms with Gasteiger partial charge in [0.2, 0.25) is 0 Å². The second-order valence-electron chi connectivity index (χ2n) is 5.71. The first-order valence-electron chi connectivity index (χ1n) is 7.15. The van der Waals surface area contributed by atoms with Crippen LogP contribution in [0.15, 0.2) is 18.2 Å². The van der Waals surface area contributed by atoms with Crippen molar-refractivity contribution in [1.82, 2.24) is 20.1 Å². The third kappa shape index (κ3) is 2.68. The fourth-order valence-corrected chi connectivity index (χ4v) is 2.75. The normalized spacial score (nSPS) is 18.0. The number of benzene rings is 1. The molecule has 0 bridgehead atoms. The molecule has 0 amide bonds. The number of aromatic nitrogens is 3. The molecule has 0 saturated heterocycles. The molecule has 0 aliphatic carbocycles. The van der Waals surface area contributed by atoms with Crippen molar-refractivity contribution in [2.45, 2.75) is 32.9 Å². The number of fused-ring (bicyclic) bond motifs is 1. The van der Waals surface area contributed by atoms with Crippen LogP contribution in [-0.2, 0) is 13.0 Å². The second kappa shape index (κ2) is 5.52. The molecule has 0 radical (unpaired) electrons. The van der Waals surface area contributed by atoms with Crippen LogP contribution in [0.1, 0.15) is 37.1 Å². The first-order chi connectivity index (χ1) is 10.1. The molecule has 1 aromatic heterocycles. The van der Waals surface area contributed by atoms with E-state index in [1.807, 2.05) is 4.57 Å². The van der Waals surface area contributed by atoms with Crippen LogP contribution in [0.5, 0.6) is 0 Å². The maximum absolute atomic E-state index is 13.8. The summed E-state index contributed by atoms with van der Waals surface area (Å²) in [7, 11) is 0. The third-order valence-corrected chi connectivity index (χ3v) is 3.86. The zero-order valence-corrected chi connectivity index (χ0v) is 12.1. The molecule has 112 valence electrons. The van der Waals surface area contributed by atoms with E-state index in [0.29, 0.717) is 17.9 Å². The Bertz CT molecular complexity index is 651. The van der Waals surface area contributed by atoms with Gasteiger partial charge in [0, 0.05) is 25.6 Å². The number of nitrogens with zero attached hydrogens (tertiary/aromatic N) is 3. The van der Waals surface area contributed by atoms with Gasteiger partial charge in [0.05, 0.1) is 6.04 Å². The highest BCUT2D eigenvalue weighted by Gasteiger charge is 2.27. The van der Waals surface area contributed by atoms with E-state index in [4.69, 9.17) is 0 Å². The quantitative estimate of drug-likeness (QED) is 0.945. The Hall–Kier alpha value is -1.82. The van der Waals surface area contributed by atoms with E-state index in [1.165, 1.54) is 12.1 Å². The predicted molar refractivity (Wildman–Crippen MR) is 74.8 cm³/mol. The van der Waals surface area contributed by atoms with Crippen LogP contribution in [0, 0.1) is 17.6 Å². The summed E-state index contributed by atoms with van der Waals surface area (Å²) in [4.78, 5) is 0. The van der Waals surface area contributed by atoms with Crippen molar-refractivity contribution in [2.24, 2.45) is 5.92 Å². The van der Waals surface area contributed by atoms with Crippen LogP contribution in [-0.4, -0.2) is 21.3 Å². The zero-order valence-electron chi connectivity index (χ0n) is 12.1. The van der Waals surface area contributed by atoms with Crippen LogP contribution < -0.4 is 5.32 Å². The van der Waals surface area contributed by atoms with Gasteiger partial charge in [0.15, 0.2) is 5.82 Å². The highest BCUT2D eigenvalue weighted by molar-refractivity contribution is 5.23. The van der Waals surface area contributed by atoms with E-state index in [2.05, 4.69) is 29.4 Å². The molecular weight excluding hydrogens is 274 g/mol. The summed E-state index contributed by atoms with van der Waals surface area (Å²) in [5.41, 5.74) is 0.436. The molecule has 1 aliphatic heterocycles. The Morgan fingerprint density at radius 3 is 2.86 bits per heavy atom. The van der Waals surface area contributed by atoms with Gasteiger partial charge in [0.25, 0.3) is 0 Å². The molecule has 6 heteroatoms. The Morgan fingerprint density at radius 2 is 2.14 bits per heavy atom. The largest absolute Gasteiger partial charge is 0.312 e. The maximum Gasteiger partial charge on any atom is 0.150 e. The number of hydrogen-bond acceptors (Lipinski definition) is 3. The maximum atomic E-state index is 13.8. The van der Waals surface area contributed by atoms with Crippen LogP contribution in [0.2, 0.25) is 0 Å². The van der Waals surface area contributed by atoms with E-state index in [9.17, 15) is 8.78 Å². The lowest BCUT2D eigenvalue weighted by Crippen LogP contribution is -2.37. The molecule has 1 aromatic carbocycles. The van der Waals surface area contributed by atoms with Crippen molar-refractivity contribution in [2.75, 3.05) is 6.54 Å². The van der Waals surface area contributed by atoms with Gasteiger partial charge in [-0.2, -0.15) is 0 Å². The van der Waals surface area contributed by atoms with Gasteiger partial charge in [-0.1, -0.05) is 19.9 Å². The first kappa shape index (κ1) is 14.1. The van der Waals surface area contributed by atoms with Gasteiger partial charge in [0.1, 0.15) is 17.5 Å². The number of nitrogens with one attached hydrogen (secondary N) is 1. The molecule has 0 saturated carbocycles. The topological polar surface area (TPSA) is 42.7 Å². The molecule has 0 spiro atoms. The lowest BCUT2D eigenvalue weighted by Gasteiger charge is -2.27. The SMILES string of the molecule is CC(C)C1NCCn2c(Cc3ccc(F)cc3F)nnc21. The van der Waals surface area contributed by atoms with Crippen molar-refractivity contribution < 1.29 is 8.78 Å². The molecule has 2 aromatic rings. The number of rotatable bonds is 3. The average Bonchev–Trinajstić information content (AvgIpc) is 2.85. The monoisotopic (exact) mass is 292 g/mol. The highest BCUT2D eigenvalue weighted by atomic mass is 19.1. The van der Waals surface area contributed by atoms with Gasteiger partial charge in [-0.15, -0.1) is 10.2 Å². The summed E-state index contributed by atoms with van der Waals surface area (Å²) in [6, 6.07) is 3.80. The van der Waals surface area contributed by atoms with Crippen LogP contribution in [0.25, 0.3) is 0 Å². The third-order valence-electron chi connectivity index (χ3n) is 3.86. The Labute approximate surface area is 122 Å². The van der Waals surface area contributed by atoms with E-state index in [0.717, 1.165) is 30.8 Å². The molecule has 1 atom stereocenters. The molecule has 1 aliphatic rings. The van der Waals surface area contributed by atoms with Gasteiger partial charge in [-0.25, -0.2) is 8.78 Å². The van der Waals surface area contributed by atoms with E-state index >= 15 is 0 Å². The van der Waals surface area contributed by atoms with Crippen molar-refractivity contribution in [3.63, 3.8) is 0 Å². The van der Waals surface area contributed by atoms with E-state index in [-0.39, 0.29) is 6.04 Å². The average molecular weight is 292 g/mol. The van der Waals surface area contributed by atoms with Crippen molar-refractivity contribution in [3.05, 3.63) is 47.0 Å². The van der Waals surface area contributed by atoms with Gasteiger partial charge >= 0.3 is 0 Å². The van der Waals surface area contributed by atoms with Crippen LogP contribution >= 0.6 is 0 Å². The summed E-state index contributed by atoms with van der Waals surface area (Å²) in [5, 5.41) is 11.9. The molecule has 2 heterocycles. The fraction of sp³-hybridized carbons (Fsp3) is 0.467. The summed E-state index contributed by atoms with van der Waals surface area (Å²) < 4.78 is 28.8. The molecule has 0 fully saturated rings. The minimum atomic E-state index is -0.566. The van der Waals surface area contributed by atoms with Gasteiger partial charge < -0.3 is 9.88 Å². The highest BCUT2D eigenvalue weighted by Crippen LogP contribution is 2.24. The summed E-state index contributed by atoms with van der Waals surface area (Å²) in [6.07, 6.45) is 0.323. The Kier molecular flexibility index (Phi) is 3.71. The summed E-state index contributed by atoms with van der Waals surface area (Å²) in [5.74, 6) is 0.922.